The Morgan fingerprint density at radius 3 is 2.73 bits per heavy atom. The van der Waals surface area contributed by atoms with Crippen molar-refractivity contribution in [1.82, 2.24) is 19.7 Å². The van der Waals surface area contributed by atoms with Crippen LogP contribution in [-0.2, 0) is 6.18 Å². The lowest BCUT2D eigenvalue weighted by atomic mass is 10.0. The highest BCUT2D eigenvalue weighted by Gasteiger charge is 2.31. The molecule has 0 atom stereocenters. The van der Waals surface area contributed by atoms with Gasteiger partial charge < -0.3 is 10.2 Å². The van der Waals surface area contributed by atoms with Crippen molar-refractivity contribution < 1.29 is 18.0 Å². The number of aromatic nitrogens is 3. The fourth-order valence-corrected chi connectivity index (χ4v) is 5.31. The highest BCUT2D eigenvalue weighted by atomic mass is 32.1. The van der Waals surface area contributed by atoms with E-state index >= 15 is 0 Å². The number of carbonyl (C=O) groups excluding carboxylic acids is 1. The van der Waals surface area contributed by atoms with E-state index in [2.05, 4.69) is 15.3 Å². The minimum absolute atomic E-state index is 0.0152. The minimum Gasteiger partial charge on any atom is -0.356 e. The number of pyridine rings is 1. The molecule has 1 saturated heterocycles. The Kier molecular flexibility index (Phi) is 4.66. The smallest absolute Gasteiger partial charge is 0.356 e. The molecule has 1 aliphatic rings. The Balaban J connectivity index is 1.20. The third-order valence-corrected chi connectivity index (χ3v) is 6.97. The molecule has 0 aromatic carbocycles. The molecule has 4 aromatic rings. The summed E-state index contributed by atoms with van der Waals surface area (Å²) in [7, 11) is 0. The molecule has 0 spiro atoms. The first-order valence-corrected chi connectivity index (χ1v) is 11.0. The number of amides is 1. The minimum atomic E-state index is -4.39. The van der Waals surface area contributed by atoms with Crippen LogP contribution in [0.1, 0.15) is 28.1 Å². The summed E-state index contributed by atoms with van der Waals surface area (Å²) in [5, 5.41) is 5.03. The van der Waals surface area contributed by atoms with Gasteiger partial charge in [0.05, 0.1) is 16.0 Å². The maximum absolute atomic E-state index is 12.7. The van der Waals surface area contributed by atoms with Crippen molar-refractivity contribution in [3.8, 4) is 0 Å². The van der Waals surface area contributed by atoms with E-state index in [0.29, 0.717) is 36.6 Å². The number of hydrogen-bond donors (Lipinski definition) is 1. The zero-order chi connectivity index (χ0) is 20.9. The van der Waals surface area contributed by atoms with Crippen LogP contribution in [-0.4, -0.2) is 39.4 Å². The van der Waals surface area contributed by atoms with E-state index in [0.717, 1.165) is 27.6 Å². The average Bonchev–Trinajstić information content (AvgIpc) is 3.40. The maximum atomic E-state index is 12.7. The SMILES string of the molecule is O=C(NC1CCN(c2ccc(C(F)(F)F)cn2)CC1)c1cc2c(nc3sccn32)s1. The van der Waals surface area contributed by atoms with Gasteiger partial charge in [-0.25, -0.2) is 9.97 Å². The molecule has 1 N–H and O–H groups in total. The Hall–Kier alpha value is -2.66. The summed E-state index contributed by atoms with van der Waals surface area (Å²) < 4.78 is 40.0. The standard InChI is InChI=1S/C19H16F3N5OS2/c20-19(21,22)11-1-2-15(23-10-11)26-5-3-12(4-6-26)24-16(28)14-9-13-17(30-14)25-18-27(13)7-8-29-18/h1-2,7-10,12H,3-6H2,(H,24,28). The Labute approximate surface area is 177 Å². The summed E-state index contributed by atoms with van der Waals surface area (Å²) in [5.74, 6) is 0.403. The zero-order valence-corrected chi connectivity index (χ0v) is 17.2. The number of hydrogen-bond acceptors (Lipinski definition) is 6. The van der Waals surface area contributed by atoms with Crippen molar-refractivity contribution >= 4 is 49.7 Å². The lowest BCUT2D eigenvalue weighted by molar-refractivity contribution is -0.137. The highest BCUT2D eigenvalue weighted by Crippen LogP contribution is 2.30. The van der Waals surface area contributed by atoms with E-state index in [1.165, 1.54) is 17.4 Å². The van der Waals surface area contributed by atoms with Crippen LogP contribution in [0.5, 0.6) is 0 Å². The van der Waals surface area contributed by atoms with Crippen LogP contribution < -0.4 is 10.2 Å². The summed E-state index contributed by atoms with van der Waals surface area (Å²) >= 11 is 2.93. The lowest BCUT2D eigenvalue weighted by Crippen LogP contribution is -2.44. The van der Waals surface area contributed by atoms with Gasteiger partial charge in [-0.3, -0.25) is 9.20 Å². The molecule has 30 heavy (non-hydrogen) atoms. The molecule has 4 aromatic heterocycles. The van der Waals surface area contributed by atoms with Crippen molar-refractivity contribution in [2.24, 2.45) is 0 Å². The first kappa shape index (κ1) is 19.3. The number of nitrogens with zero attached hydrogens (tertiary/aromatic N) is 4. The number of carbonyl (C=O) groups is 1. The molecule has 0 radical (unpaired) electrons. The highest BCUT2D eigenvalue weighted by molar-refractivity contribution is 7.21. The number of imidazole rings is 1. The molecule has 5 heterocycles. The second-order valence-corrected chi connectivity index (χ2v) is 9.01. The third-order valence-electron chi connectivity index (χ3n) is 5.19. The van der Waals surface area contributed by atoms with Gasteiger partial charge in [0.15, 0.2) is 4.96 Å². The van der Waals surface area contributed by atoms with Gasteiger partial charge in [0.2, 0.25) is 0 Å². The van der Waals surface area contributed by atoms with Gasteiger partial charge in [0.1, 0.15) is 10.6 Å². The van der Waals surface area contributed by atoms with E-state index in [9.17, 15) is 18.0 Å². The molecular weight excluding hydrogens is 435 g/mol. The molecule has 1 amide bonds. The second kappa shape index (κ2) is 7.24. The van der Waals surface area contributed by atoms with Crippen molar-refractivity contribution in [2.45, 2.75) is 25.1 Å². The molecule has 0 unspecified atom stereocenters. The number of thiazole rings is 1. The van der Waals surface area contributed by atoms with Gasteiger partial charge in [-0.15, -0.1) is 22.7 Å². The maximum Gasteiger partial charge on any atom is 0.417 e. The number of halogens is 3. The number of piperidine rings is 1. The van der Waals surface area contributed by atoms with Crippen LogP contribution in [0.25, 0.3) is 15.3 Å². The quantitative estimate of drug-likeness (QED) is 0.501. The van der Waals surface area contributed by atoms with E-state index in [1.54, 1.807) is 11.3 Å². The molecule has 1 fully saturated rings. The number of anilines is 1. The first-order valence-electron chi connectivity index (χ1n) is 9.32. The molecule has 11 heteroatoms. The van der Waals surface area contributed by atoms with Gasteiger partial charge in [-0.1, -0.05) is 0 Å². The van der Waals surface area contributed by atoms with Crippen molar-refractivity contribution in [3.63, 3.8) is 0 Å². The van der Waals surface area contributed by atoms with Gasteiger partial charge >= 0.3 is 6.18 Å². The van der Waals surface area contributed by atoms with Gasteiger partial charge in [-0.2, -0.15) is 13.2 Å². The number of fused-ring (bicyclic) bond motifs is 3. The Morgan fingerprint density at radius 2 is 2.03 bits per heavy atom. The van der Waals surface area contributed by atoms with Crippen molar-refractivity contribution in [2.75, 3.05) is 18.0 Å². The van der Waals surface area contributed by atoms with E-state index in [-0.39, 0.29) is 11.9 Å². The largest absolute Gasteiger partial charge is 0.417 e. The third kappa shape index (κ3) is 3.52. The normalized spacial score (nSPS) is 15.9. The number of alkyl halides is 3. The molecular formula is C19H16F3N5OS2. The molecule has 1 aliphatic heterocycles. The predicted octanol–water partition coefficient (Wildman–Crippen LogP) is 4.42. The molecule has 0 aliphatic carbocycles. The van der Waals surface area contributed by atoms with Crippen LogP contribution in [0.4, 0.5) is 19.0 Å². The molecule has 6 nitrogen and oxygen atoms in total. The second-order valence-electron chi connectivity index (χ2n) is 7.11. The van der Waals surface area contributed by atoms with Crippen LogP contribution in [0, 0.1) is 0 Å². The summed E-state index contributed by atoms with van der Waals surface area (Å²) in [6.45, 7) is 1.24. The Morgan fingerprint density at radius 1 is 1.23 bits per heavy atom. The van der Waals surface area contributed by atoms with Crippen LogP contribution in [0.2, 0.25) is 0 Å². The van der Waals surface area contributed by atoms with Gasteiger partial charge in [0, 0.05) is 36.9 Å². The van der Waals surface area contributed by atoms with Crippen molar-refractivity contribution in [1.29, 1.82) is 0 Å². The van der Waals surface area contributed by atoms with Crippen LogP contribution >= 0.6 is 22.7 Å². The fraction of sp³-hybridized carbons (Fsp3) is 0.316. The number of nitrogens with one attached hydrogen (secondary N) is 1. The van der Waals surface area contributed by atoms with Gasteiger partial charge in [0.25, 0.3) is 5.91 Å². The van der Waals surface area contributed by atoms with E-state index < -0.39 is 11.7 Å². The lowest BCUT2D eigenvalue weighted by Gasteiger charge is -2.33. The Bertz CT molecular complexity index is 1200. The molecule has 0 bridgehead atoms. The average molecular weight is 451 g/mol. The van der Waals surface area contributed by atoms with Crippen molar-refractivity contribution in [3.05, 3.63) is 46.4 Å². The van der Waals surface area contributed by atoms with Gasteiger partial charge in [-0.05, 0) is 31.0 Å². The number of thiophene rings is 1. The molecule has 5 rings (SSSR count). The fourth-order valence-electron chi connectivity index (χ4n) is 3.61. The predicted molar refractivity (Wildman–Crippen MR) is 110 cm³/mol. The zero-order valence-electron chi connectivity index (χ0n) is 15.5. The van der Waals surface area contributed by atoms with E-state index in [4.69, 9.17) is 0 Å². The molecule has 156 valence electrons. The monoisotopic (exact) mass is 451 g/mol. The summed E-state index contributed by atoms with van der Waals surface area (Å²) in [6, 6.07) is 4.33. The number of rotatable bonds is 3. The summed E-state index contributed by atoms with van der Waals surface area (Å²) in [4.78, 5) is 25.5. The summed E-state index contributed by atoms with van der Waals surface area (Å²) in [6.07, 6.45) is -0.182. The van der Waals surface area contributed by atoms with Crippen LogP contribution in [0.3, 0.4) is 0 Å². The first-order chi connectivity index (χ1) is 14.4. The van der Waals surface area contributed by atoms with Crippen LogP contribution in [0.15, 0.2) is 36.0 Å². The summed E-state index contributed by atoms with van der Waals surface area (Å²) in [5.41, 5.74) is 0.181. The topological polar surface area (TPSA) is 62.5 Å². The molecule has 0 saturated carbocycles. The van der Waals surface area contributed by atoms with E-state index in [1.807, 2.05) is 26.9 Å².